The van der Waals surface area contributed by atoms with Gasteiger partial charge < -0.3 is 14.5 Å². The first-order valence-electron chi connectivity index (χ1n) is 9.30. The number of carbonyl (C=O) groups is 2. The topological polar surface area (TPSA) is 93.5 Å². The van der Waals surface area contributed by atoms with Gasteiger partial charge in [-0.3, -0.25) is 10.1 Å². The number of fused-ring (bicyclic) bond motifs is 1. The number of benzene rings is 3. The molecule has 0 aliphatic rings. The van der Waals surface area contributed by atoms with Crippen LogP contribution in [0.15, 0.2) is 77.2 Å². The van der Waals surface area contributed by atoms with Gasteiger partial charge in [0.15, 0.2) is 10.7 Å². The number of oxazole rings is 1. The Bertz CT molecular complexity index is 1230. The Morgan fingerprint density at radius 2 is 1.61 bits per heavy atom. The van der Waals surface area contributed by atoms with Crippen molar-refractivity contribution >= 4 is 46.0 Å². The maximum Gasteiger partial charge on any atom is 0.337 e. The summed E-state index contributed by atoms with van der Waals surface area (Å²) in [6.07, 6.45) is 0. The van der Waals surface area contributed by atoms with Crippen molar-refractivity contribution in [2.24, 2.45) is 0 Å². The van der Waals surface area contributed by atoms with E-state index in [1.165, 1.54) is 31.4 Å². The minimum absolute atomic E-state index is 0.150. The second-order valence-electron chi connectivity index (χ2n) is 6.54. The van der Waals surface area contributed by atoms with E-state index in [9.17, 15) is 9.59 Å². The van der Waals surface area contributed by atoms with Gasteiger partial charge in [0.1, 0.15) is 5.52 Å². The number of esters is 1. The number of ether oxygens (including phenoxy) is 1. The quantitative estimate of drug-likeness (QED) is 0.365. The van der Waals surface area contributed by atoms with Gasteiger partial charge >= 0.3 is 5.97 Å². The Balaban J connectivity index is 1.38. The van der Waals surface area contributed by atoms with Crippen LogP contribution in [0.5, 0.6) is 0 Å². The summed E-state index contributed by atoms with van der Waals surface area (Å²) in [5, 5.41) is 5.72. The molecule has 3 aromatic carbocycles. The SMILES string of the molecule is COC(=O)c1ccc(C(=O)NC(=S)Nc2ccc(-c3nc4ccccc4o3)cc2)cc1. The predicted molar refractivity (Wildman–Crippen MR) is 121 cm³/mol. The first-order chi connectivity index (χ1) is 15.0. The van der Waals surface area contributed by atoms with Crippen LogP contribution in [0, 0.1) is 0 Å². The van der Waals surface area contributed by atoms with Crippen molar-refractivity contribution in [2.75, 3.05) is 12.4 Å². The highest BCUT2D eigenvalue weighted by atomic mass is 32.1. The van der Waals surface area contributed by atoms with E-state index in [-0.39, 0.29) is 5.11 Å². The zero-order chi connectivity index (χ0) is 21.8. The highest BCUT2D eigenvalue weighted by molar-refractivity contribution is 7.80. The molecule has 2 N–H and O–H groups in total. The van der Waals surface area contributed by atoms with E-state index in [0.717, 1.165) is 16.7 Å². The number of rotatable bonds is 4. The summed E-state index contributed by atoms with van der Waals surface area (Å²) in [5.74, 6) is -0.332. The molecule has 0 unspecified atom stereocenters. The number of para-hydroxylation sites is 2. The molecule has 4 rings (SSSR count). The largest absolute Gasteiger partial charge is 0.465 e. The molecular formula is C23H17N3O4S. The van der Waals surface area contributed by atoms with Gasteiger partial charge in [-0.15, -0.1) is 0 Å². The molecular weight excluding hydrogens is 414 g/mol. The summed E-state index contributed by atoms with van der Waals surface area (Å²) in [7, 11) is 1.30. The molecule has 0 fully saturated rings. The molecule has 0 saturated carbocycles. The average Bonchev–Trinajstić information content (AvgIpc) is 3.23. The van der Waals surface area contributed by atoms with Crippen molar-refractivity contribution < 1.29 is 18.7 Å². The first kappa shape index (κ1) is 20.2. The van der Waals surface area contributed by atoms with Crippen molar-refractivity contribution in [3.63, 3.8) is 0 Å². The first-order valence-corrected chi connectivity index (χ1v) is 9.71. The molecule has 0 bridgehead atoms. The van der Waals surface area contributed by atoms with E-state index in [1.807, 2.05) is 48.5 Å². The third kappa shape index (κ3) is 4.59. The number of carbonyl (C=O) groups excluding carboxylic acids is 2. The van der Waals surface area contributed by atoms with E-state index in [1.54, 1.807) is 0 Å². The summed E-state index contributed by atoms with van der Waals surface area (Å²) in [6.45, 7) is 0. The van der Waals surface area contributed by atoms with Crippen LogP contribution in [0.1, 0.15) is 20.7 Å². The number of nitrogens with one attached hydrogen (secondary N) is 2. The van der Waals surface area contributed by atoms with Crippen LogP contribution < -0.4 is 10.6 Å². The molecule has 0 radical (unpaired) electrons. The monoisotopic (exact) mass is 431 g/mol. The number of hydrogen-bond donors (Lipinski definition) is 2. The van der Waals surface area contributed by atoms with Crippen molar-refractivity contribution in [1.29, 1.82) is 0 Å². The fraction of sp³-hybridized carbons (Fsp3) is 0.0435. The average molecular weight is 431 g/mol. The molecule has 0 saturated heterocycles. The van der Waals surface area contributed by atoms with E-state index in [0.29, 0.717) is 22.7 Å². The highest BCUT2D eigenvalue weighted by Crippen LogP contribution is 2.25. The molecule has 1 aromatic heterocycles. The van der Waals surface area contributed by atoms with Gasteiger partial charge in [-0.25, -0.2) is 9.78 Å². The molecule has 31 heavy (non-hydrogen) atoms. The number of nitrogens with zero attached hydrogens (tertiary/aromatic N) is 1. The summed E-state index contributed by atoms with van der Waals surface area (Å²) in [5.41, 5.74) is 3.77. The second kappa shape index (κ2) is 8.76. The summed E-state index contributed by atoms with van der Waals surface area (Å²) in [6, 6.07) is 21.0. The van der Waals surface area contributed by atoms with Gasteiger partial charge in [-0.05, 0) is 72.9 Å². The van der Waals surface area contributed by atoms with Crippen molar-refractivity contribution in [2.45, 2.75) is 0 Å². The van der Waals surface area contributed by atoms with E-state index in [2.05, 4.69) is 20.4 Å². The number of methoxy groups -OCH3 is 1. The fourth-order valence-corrected chi connectivity index (χ4v) is 3.12. The smallest absolute Gasteiger partial charge is 0.337 e. The van der Waals surface area contributed by atoms with Gasteiger partial charge in [0, 0.05) is 16.8 Å². The molecule has 8 heteroatoms. The summed E-state index contributed by atoms with van der Waals surface area (Å²) < 4.78 is 10.4. The Labute approximate surface area is 183 Å². The van der Waals surface area contributed by atoms with E-state index >= 15 is 0 Å². The predicted octanol–water partition coefficient (Wildman–Crippen LogP) is 4.41. The fourth-order valence-electron chi connectivity index (χ4n) is 2.90. The lowest BCUT2D eigenvalue weighted by molar-refractivity contribution is 0.0600. The van der Waals surface area contributed by atoms with E-state index in [4.69, 9.17) is 16.6 Å². The maximum atomic E-state index is 12.3. The number of hydrogen-bond acceptors (Lipinski definition) is 6. The van der Waals surface area contributed by atoms with Crippen LogP contribution in [-0.4, -0.2) is 29.1 Å². The normalized spacial score (nSPS) is 10.5. The highest BCUT2D eigenvalue weighted by Gasteiger charge is 2.11. The van der Waals surface area contributed by atoms with Crippen LogP contribution in [0.25, 0.3) is 22.6 Å². The Hall–Kier alpha value is -4.04. The molecule has 1 amide bonds. The number of aromatic nitrogens is 1. The van der Waals surface area contributed by atoms with Crippen LogP contribution in [-0.2, 0) is 4.74 Å². The number of thiocarbonyl (C=S) groups is 1. The number of anilines is 1. The van der Waals surface area contributed by atoms with Crippen LogP contribution in [0.4, 0.5) is 5.69 Å². The number of amides is 1. The lowest BCUT2D eigenvalue weighted by Gasteiger charge is -2.10. The molecule has 4 aromatic rings. The van der Waals surface area contributed by atoms with Crippen LogP contribution in [0.2, 0.25) is 0 Å². The van der Waals surface area contributed by atoms with Crippen molar-refractivity contribution in [3.8, 4) is 11.5 Å². The van der Waals surface area contributed by atoms with Crippen molar-refractivity contribution in [3.05, 3.63) is 83.9 Å². The minimum atomic E-state index is -0.467. The van der Waals surface area contributed by atoms with Gasteiger partial charge in [-0.1, -0.05) is 12.1 Å². The third-order valence-electron chi connectivity index (χ3n) is 4.48. The molecule has 1 heterocycles. The minimum Gasteiger partial charge on any atom is -0.465 e. The summed E-state index contributed by atoms with van der Waals surface area (Å²) >= 11 is 5.22. The molecule has 0 spiro atoms. The molecule has 154 valence electrons. The Morgan fingerprint density at radius 3 is 2.29 bits per heavy atom. The van der Waals surface area contributed by atoms with Gasteiger partial charge in [0.25, 0.3) is 5.91 Å². The Kier molecular flexibility index (Phi) is 5.72. The molecule has 0 atom stereocenters. The summed E-state index contributed by atoms with van der Waals surface area (Å²) in [4.78, 5) is 28.3. The molecule has 0 aliphatic carbocycles. The zero-order valence-corrected chi connectivity index (χ0v) is 17.2. The maximum absolute atomic E-state index is 12.3. The van der Waals surface area contributed by atoms with E-state index < -0.39 is 11.9 Å². The lowest BCUT2D eigenvalue weighted by atomic mass is 10.1. The zero-order valence-electron chi connectivity index (χ0n) is 16.4. The van der Waals surface area contributed by atoms with Gasteiger partial charge in [0.05, 0.1) is 12.7 Å². The second-order valence-corrected chi connectivity index (χ2v) is 6.95. The Morgan fingerprint density at radius 1 is 0.935 bits per heavy atom. The van der Waals surface area contributed by atoms with Crippen molar-refractivity contribution in [1.82, 2.24) is 10.3 Å². The van der Waals surface area contributed by atoms with Crippen LogP contribution >= 0.6 is 12.2 Å². The lowest BCUT2D eigenvalue weighted by Crippen LogP contribution is -2.34. The van der Waals surface area contributed by atoms with Gasteiger partial charge in [-0.2, -0.15) is 0 Å². The van der Waals surface area contributed by atoms with Crippen LogP contribution in [0.3, 0.4) is 0 Å². The molecule has 0 aliphatic heterocycles. The van der Waals surface area contributed by atoms with Gasteiger partial charge in [0.2, 0.25) is 5.89 Å². The standard InChI is InChI=1S/C23H17N3O4S/c1-29-22(28)16-8-6-14(7-9-16)20(27)26-23(31)24-17-12-10-15(11-13-17)21-25-18-4-2-3-5-19(18)30-21/h2-13H,1H3,(H2,24,26,27,31). The molecule has 7 nitrogen and oxygen atoms in total. The third-order valence-corrected chi connectivity index (χ3v) is 4.68.